The molecule has 0 fully saturated rings. The van der Waals surface area contributed by atoms with Crippen LogP contribution in [0.4, 0.5) is 5.82 Å². The summed E-state index contributed by atoms with van der Waals surface area (Å²) in [4.78, 5) is 0. The van der Waals surface area contributed by atoms with Gasteiger partial charge in [-0.2, -0.15) is 8.42 Å². The number of rotatable bonds is 3. The zero-order valence-electron chi connectivity index (χ0n) is 9.64. The van der Waals surface area contributed by atoms with Crippen LogP contribution in [0.15, 0.2) is 26.2 Å². The molecular formula is C10H12N2O4S. The lowest BCUT2D eigenvalue weighted by Crippen LogP contribution is -2.13. The zero-order chi connectivity index (χ0) is 12.6. The molecule has 2 aromatic rings. The molecule has 0 aromatic carbocycles. The van der Waals surface area contributed by atoms with E-state index in [1.807, 2.05) is 0 Å². The van der Waals surface area contributed by atoms with Crippen LogP contribution in [0.1, 0.15) is 17.1 Å². The molecule has 0 bridgehead atoms. The summed E-state index contributed by atoms with van der Waals surface area (Å²) in [5.74, 6) is 1.27. The molecule has 0 spiro atoms. The van der Waals surface area contributed by atoms with Crippen LogP contribution in [0.25, 0.3) is 0 Å². The van der Waals surface area contributed by atoms with E-state index < -0.39 is 10.0 Å². The van der Waals surface area contributed by atoms with Crippen LogP contribution in [0.5, 0.6) is 0 Å². The maximum Gasteiger partial charge on any atom is 0.296 e. The Labute approximate surface area is 98.7 Å². The lowest BCUT2D eigenvalue weighted by atomic mass is 10.3. The lowest BCUT2D eigenvalue weighted by molar-refractivity contribution is 0.399. The van der Waals surface area contributed by atoms with E-state index in [-0.39, 0.29) is 10.9 Å². The molecule has 92 valence electrons. The summed E-state index contributed by atoms with van der Waals surface area (Å²) in [5, 5.41) is 3.48. The molecule has 7 heteroatoms. The van der Waals surface area contributed by atoms with Gasteiger partial charge in [0.05, 0.1) is 0 Å². The SMILES string of the molecule is Cc1ccc(S(=O)(=O)Nc2noc(C)c2C)o1. The van der Waals surface area contributed by atoms with Gasteiger partial charge in [0.25, 0.3) is 10.0 Å². The third-order valence-corrected chi connectivity index (χ3v) is 3.58. The van der Waals surface area contributed by atoms with Gasteiger partial charge in [-0.15, -0.1) is 0 Å². The Kier molecular flexibility index (Phi) is 2.70. The summed E-state index contributed by atoms with van der Waals surface area (Å²) in [5.41, 5.74) is 0.650. The van der Waals surface area contributed by atoms with Gasteiger partial charge in [0.1, 0.15) is 11.5 Å². The van der Waals surface area contributed by atoms with Crippen molar-refractivity contribution in [3.8, 4) is 0 Å². The van der Waals surface area contributed by atoms with Crippen LogP contribution in [0.2, 0.25) is 0 Å². The fourth-order valence-corrected chi connectivity index (χ4v) is 2.28. The number of aromatic nitrogens is 1. The molecule has 0 aliphatic heterocycles. The number of sulfonamides is 1. The topological polar surface area (TPSA) is 85.3 Å². The van der Waals surface area contributed by atoms with Gasteiger partial charge in [-0.05, 0) is 32.9 Å². The maximum atomic E-state index is 11.9. The monoisotopic (exact) mass is 256 g/mol. The minimum absolute atomic E-state index is 0.143. The molecule has 0 saturated carbocycles. The van der Waals surface area contributed by atoms with E-state index in [9.17, 15) is 8.42 Å². The number of furan rings is 1. The Morgan fingerprint density at radius 3 is 2.41 bits per heavy atom. The molecule has 0 aliphatic carbocycles. The van der Waals surface area contributed by atoms with Gasteiger partial charge >= 0.3 is 0 Å². The number of nitrogens with one attached hydrogen (secondary N) is 1. The smallest absolute Gasteiger partial charge is 0.296 e. The van der Waals surface area contributed by atoms with Crippen molar-refractivity contribution >= 4 is 15.8 Å². The maximum absolute atomic E-state index is 11.9. The summed E-state index contributed by atoms with van der Waals surface area (Å²) < 4.78 is 36.0. The highest BCUT2D eigenvalue weighted by atomic mass is 32.2. The molecule has 17 heavy (non-hydrogen) atoms. The van der Waals surface area contributed by atoms with E-state index in [4.69, 9.17) is 8.94 Å². The second-order valence-electron chi connectivity index (χ2n) is 3.68. The van der Waals surface area contributed by atoms with Crippen LogP contribution in [-0.4, -0.2) is 13.6 Å². The van der Waals surface area contributed by atoms with Crippen LogP contribution in [0, 0.1) is 20.8 Å². The van der Waals surface area contributed by atoms with Gasteiger partial charge in [-0.1, -0.05) is 5.16 Å². The van der Waals surface area contributed by atoms with E-state index in [1.165, 1.54) is 6.07 Å². The molecule has 0 amide bonds. The zero-order valence-corrected chi connectivity index (χ0v) is 10.5. The summed E-state index contributed by atoms with van der Waals surface area (Å²) in [6, 6.07) is 2.97. The van der Waals surface area contributed by atoms with Crippen LogP contribution < -0.4 is 4.72 Å². The second-order valence-corrected chi connectivity index (χ2v) is 5.30. The van der Waals surface area contributed by atoms with Crippen molar-refractivity contribution in [2.45, 2.75) is 25.9 Å². The Morgan fingerprint density at radius 1 is 1.24 bits per heavy atom. The average Bonchev–Trinajstić information content (AvgIpc) is 2.80. The molecule has 1 N–H and O–H groups in total. The quantitative estimate of drug-likeness (QED) is 0.907. The molecule has 0 unspecified atom stereocenters. The van der Waals surface area contributed by atoms with Gasteiger partial charge in [-0.25, -0.2) is 0 Å². The number of nitrogens with zero attached hydrogens (tertiary/aromatic N) is 1. The van der Waals surface area contributed by atoms with Gasteiger partial charge in [0.15, 0.2) is 5.82 Å². The molecule has 6 nitrogen and oxygen atoms in total. The third kappa shape index (κ3) is 2.19. The van der Waals surface area contributed by atoms with E-state index >= 15 is 0 Å². The van der Waals surface area contributed by atoms with Gasteiger partial charge in [0, 0.05) is 5.56 Å². The van der Waals surface area contributed by atoms with Crippen molar-refractivity contribution in [1.82, 2.24) is 5.16 Å². The minimum Gasteiger partial charge on any atom is -0.448 e. The first kappa shape index (κ1) is 11.7. The van der Waals surface area contributed by atoms with Crippen molar-refractivity contribution in [1.29, 1.82) is 0 Å². The Hall–Kier alpha value is -1.76. The first-order valence-electron chi connectivity index (χ1n) is 4.92. The van der Waals surface area contributed by atoms with E-state index in [2.05, 4.69) is 9.88 Å². The first-order chi connectivity index (χ1) is 7.90. The molecule has 2 heterocycles. The van der Waals surface area contributed by atoms with Crippen LogP contribution in [-0.2, 0) is 10.0 Å². The normalized spacial score (nSPS) is 11.7. The van der Waals surface area contributed by atoms with Gasteiger partial charge in [0.2, 0.25) is 5.09 Å². The fraction of sp³-hybridized carbons (Fsp3) is 0.300. The summed E-state index contributed by atoms with van der Waals surface area (Å²) in [6.07, 6.45) is 0. The van der Waals surface area contributed by atoms with Crippen LogP contribution in [0.3, 0.4) is 0 Å². The number of anilines is 1. The highest BCUT2D eigenvalue weighted by Gasteiger charge is 2.21. The lowest BCUT2D eigenvalue weighted by Gasteiger charge is -2.02. The van der Waals surface area contributed by atoms with Crippen molar-refractivity contribution in [2.24, 2.45) is 0 Å². The minimum atomic E-state index is -3.74. The Balaban J connectivity index is 2.33. The second kappa shape index (κ2) is 3.92. The van der Waals surface area contributed by atoms with Crippen LogP contribution >= 0.6 is 0 Å². The summed E-state index contributed by atoms with van der Waals surface area (Å²) in [6.45, 7) is 5.10. The third-order valence-electron chi connectivity index (χ3n) is 2.37. The molecular weight excluding hydrogens is 244 g/mol. The predicted molar refractivity (Wildman–Crippen MR) is 60.2 cm³/mol. The van der Waals surface area contributed by atoms with E-state index in [1.54, 1.807) is 26.8 Å². The van der Waals surface area contributed by atoms with E-state index in [0.29, 0.717) is 17.1 Å². The predicted octanol–water partition coefficient (Wildman–Crippen LogP) is 1.99. The highest BCUT2D eigenvalue weighted by Crippen LogP contribution is 2.21. The van der Waals surface area contributed by atoms with Gasteiger partial charge in [-0.3, -0.25) is 4.72 Å². The standard InChI is InChI=1S/C10H12N2O4S/c1-6-4-5-9(15-6)17(13,14)12-10-7(2)8(3)16-11-10/h4-5H,1-3H3,(H,11,12). The Morgan fingerprint density at radius 2 is 1.94 bits per heavy atom. The number of hydrogen-bond acceptors (Lipinski definition) is 5. The Bertz CT molecular complexity index is 639. The van der Waals surface area contributed by atoms with Crippen molar-refractivity contribution in [2.75, 3.05) is 4.72 Å². The van der Waals surface area contributed by atoms with Crippen molar-refractivity contribution in [3.63, 3.8) is 0 Å². The molecule has 0 radical (unpaired) electrons. The number of hydrogen-bond donors (Lipinski definition) is 1. The highest BCUT2D eigenvalue weighted by molar-refractivity contribution is 7.92. The van der Waals surface area contributed by atoms with Crippen molar-refractivity contribution < 1.29 is 17.4 Å². The molecule has 2 aromatic heterocycles. The average molecular weight is 256 g/mol. The molecule has 0 aliphatic rings. The summed E-state index contributed by atoms with van der Waals surface area (Å²) >= 11 is 0. The molecule has 0 atom stereocenters. The van der Waals surface area contributed by atoms with Gasteiger partial charge < -0.3 is 8.94 Å². The molecule has 2 rings (SSSR count). The largest absolute Gasteiger partial charge is 0.448 e. The fourth-order valence-electron chi connectivity index (χ4n) is 1.25. The molecule has 0 saturated heterocycles. The van der Waals surface area contributed by atoms with E-state index in [0.717, 1.165) is 0 Å². The summed E-state index contributed by atoms with van der Waals surface area (Å²) in [7, 11) is -3.74. The van der Waals surface area contributed by atoms with Crippen molar-refractivity contribution in [3.05, 3.63) is 29.2 Å². The first-order valence-corrected chi connectivity index (χ1v) is 6.40. The number of aryl methyl sites for hydroxylation is 2.